The van der Waals surface area contributed by atoms with E-state index >= 15 is 0 Å². The predicted molar refractivity (Wildman–Crippen MR) is 86.5 cm³/mol. The number of aromatic nitrogens is 1. The van der Waals surface area contributed by atoms with Crippen LogP contribution in [0, 0.1) is 12.8 Å². The Morgan fingerprint density at radius 3 is 2.84 bits per heavy atom. The van der Waals surface area contributed by atoms with E-state index in [1.165, 1.54) is 16.0 Å². The zero-order chi connectivity index (χ0) is 13.8. The van der Waals surface area contributed by atoms with Gasteiger partial charge in [-0.2, -0.15) is 0 Å². The van der Waals surface area contributed by atoms with Crippen molar-refractivity contribution in [2.45, 2.75) is 27.3 Å². The lowest BCUT2D eigenvalue weighted by Crippen LogP contribution is -2.18. The van der Waals surface area contributed by atoms with Crippen molar-refractivity contribution in [3.05, 3.63) is 39.3 Å². The molecule has 0 fully saturated rings. The lowest BCUT2D eigenvalue weighted by molar-refractivity contribution is 0.554. The maximum Gasteiger partial charge on any atom is 0.124 e. The molecule has 1 heterocycles. The van der Waals surface area contributed by atoms with E-state index in [4.69, 9.17) is 0 Å². The minimum Gasteiger partial charge on any atom is -0.312 e. The molecule has 102 valence electrons. The predicted octanol–water partition coefficient (Wildman–Crippen LogP) is 4.63. The number of thiazole rings is 1. The van der Waals surface area contributed by atoms with Crippen LogP contribution in [0.5, 0.6) is 0 Å². The third-order valence-electron chi connectivity index (χ3n) is 2.76. The molecular formula is C15H19BrN2S. The lowest BCUT2D eigenvalue weighted by Gasteiger charge is -2.05. The maximum atomic E-state index is 4.52. The molecule has 0 bridgehead atoms. The molecule has 0 unspecified atom stereocenters. The van der Waals surface area contributed by atoms with Gasteiger partial charge in [0.2, 0.25) is 0 Å². The highest BCUT2D eigenvalue weighted by Gasteiger charge is 2.08. The van der Waals surface area contributed by atoms with Crippen molar-refractivity contribution >= 4 is 27.3 Å². The molecule has 19 heavy (non-hydrogen) atoms. The second-order valence-electron chi connectivity index (χ2n) is 5.14. The van der Waals surface area contributed by atoms with Crippen LogP contribution in [0.1, 0.15) is 24.3 Å². The molecule has 1 N–H and O–H groups in total. The van der Waals surface area contributed by atoms with Crippen LogP contribution in [0.25, 0.3) is 10.6 Å². The summed E-state index contributed by atoms with van der Waals surface area (Å²) in [5.74, 6) is 0.679. The van der Waals surface area contributed by atoms with Gasteiger partial charge in [-0.15, -0.1) is 11.3 Å². The Morgan fingerprint density at radius 1 is 1.37 bits per heavy atom. The largest absolute Gasteiger partial charge is 0.312 e. The Morgan fingerprint density at radius 2 is 2.16 bits per heavy atom. The van der Waals surface area contributed by atoms with Crippen LogP contribution in [-0.2, 0) is 6.54 Å². The molecule has 0 saturated heterocycles. The molecule has 0 atom stereocenters. The topological polar surface area (TPSA) is 24.9 Å². The van der Waals surface area contributed by atoms with Crippen molar-refractivity contribution in [3.8, 4) is 10.6 Å². The van der Waals surface area contributed by atoms with E-state index in [2.05, 4.69) is 65.2 Å². The molecule has 2 aromatic rings. The van der Waals surface area contributed by atoms with Crippen LogP contribution in [0.15, 0.2) is 28.9 Å². The second kappa shape index (κ2) is 6.64. The molecule has 0 amide bonds. The lowest BCUT2D eigenvalue weighted by atomic mass is 10.2. The van der Waals surface area contributed by atoms with Crippen LogP contribution >= 0.6 is 27.3 Å². The van der Waals surface area contributed by atoms with Gasteiger partial charge < -0.3 is 5.32 Å². The molecule has 0 aliphatic heterocycles. The summed E-state index contributed by atoms with van der Waals surface area (Å²) in [6.45, 7) is 8.47. The van der Waals surface area contributed by atoms with Gasteiger partial charge in [0, 0.05) is 27.7 Å². The van der Waals surface area contributed by atoms with Gasteiger partial charge in [-0.25, -0.2) is 4.98 Å². The number of halogens is 1. The quantitative estimate of drug-likeness (QED) is 0.859. The summed E-state index contributed by atoms with van der Waals surface area (Å²) in [5, 5.41) is 4.53. The van der Waals surface area contributed by atoms with Gasteiger partial charge >= 0.3 is 0 Å². The average Bonchev–Trinajstić information content (AvgIpc) is 2.77. The Hall–Kier alpha value is -0.710. The first kappa shape index (κ1) is 14.7. The van der Waals surface area contributed by atoms with E-state index in [1.807, 2.05) is 6.20 Å². The number of hydrogen-bond donors (Lipinski definition) is 1. The Kier molecular flexibility index (Phi) is 5.13. The van der Waals surface area contributed by atoms with Crippen LogP contribution < -0.4 is 5.32 Å². The Bertz CT molecular complexity index is 549. The molecule has 0 spiro atoms. The highest BCUT2D eigenvalue weighted by atomic mass is 79.9. The number of nitrogens with one attached hydrogen (secondary N) is 1. The second-order valence-corrected chi connectivity index (χ2v) is 7.11. The number of nitrogens with zero attached hydrogens (tertiary/aromatic N) is 1. The van der Waals surface area contributed by atoms with Crippen LogP contribution in [0.4, 0.5) is 0 Å². The Labute approximate surface area is 127 Å². The van der Waals surface area contributed by atoms with Crippen molar-refractivity contribution in [2.75, 3.05) is 6.54 Å². The smallest absolute Gasteiger partial charge is 0.124 e. The molecular weight excluding hydrogens is 320 g/mol. The summed E-state index contributed by atoms with van der Waals surface area (Å²) in [4.78, 5) is 5.80. The minimum absolute atomic E-state index is 0.679. The normalized spacial score (nSPS) is 11.2. The molecule has 4 heteroatoms. The van der Waals surface area contributed by atoms with E-state index in [-0.39, 0.29) is 0 Å². The average molecular weight is 339 g/mol. The van der Waals surface area contributed by atoms with E-state index in [0.717, 1.165) is 22.6 Å². The van der Waals surface area contributed by atoms with Crippen molar-refractivity contribution in [3.63, 3.8) is 0 Å². The fraction of sp³-hybridized carbons (Fsp3) is 0.400. The Balaban J connectivity index is 2.08. The number of hydrogen-bond acceptors (Lipinski definition) is 3. The highest BCUT2D eigenvalue weighted by Crippen LogP contribution is 2.32. The number of benzene rings is 1. The summed E-state index contributed by atoms with van der Waals surface area (Å²) < 4.78 is 1.11. The zero-order valence-electron chi connectivity index (χ0n) is 11.5. The molecule has 0 aliphatic carbocycles. The van der Waals surface area contributed by atoms with Crippen LogP contribution in [-0.4, -0.2) is 11.5 Å². The third-order valence-corrected chi connectivity index (χ3v) is 4.45. The first-order valence-corrected chi connectivity index (χ1v) is 8.09. The summed E-state index contributed by atoms with van der Waals surface area (Å²) in [5.41, 5.74) is 2.43. The molecule has 0 saturated carbocycles. The fourth-order valence-electron chi connectivity index (χ4n) is 1.79. The van der Waals surface area contributed by atoms with Gasteiger partial charge in [0.15, 0.2) is 0 Å². The number of aryl methyl sites for hydroxylation is 1. The van der Waals surface area contributed by atoms with Crippen molar-refractivity contribution in [1.82, 2.24) is 10.3 Å². The van der Waals surface area contributed by atoms with E-state index in [0.29, 0.717) is 5.92 Å². The monoisotopic (exact) mass is 338 g/mol. The summed E-state index contributed by atoms with van der Waals surface area (Å²) >= 11 is 5.37. The van der Waals surface area contributed by atoms with Crippen molar-refractivity contribution in [2.24, 2.45) is 5.92 Å². The molecule has 2 rings (SSSR count). The molecule has 1 aromatic heterocycles. The SMILES string of the molecule is Cc1ccc(-c2ncc(CNCC(C)C)s2)c(Br)c1. The summed E-state index contributed by atoms with van der Waals surface area (Å²) in [7, 11) is 0. The fourth-order valence-corrected chi connectivity index (χ4v) is 3.52. The third kappa shape index (κ3) is 4.13. The standard InChI is InChI=1S/C15H19BrN2S/c1-10(2)7-17-8-12-9-18-15(19-12)13-5-4-11(3)6-14(13)16/h4-6,9-10,17H,7-8H2,1-3H3. The molecule has 0 aliphatic rings. The molecule has 1 aromatic carbocycles. The summed E-state index contributed by atoms with van der Waals surface area (Å²) in [6.07, 6.45) is 1.97. The zero-order valence-corrected chi connectivity index (χ0v) is 13.9. The molecule has 0 radical (unpaired) electrons. The first-order valence-electron chi connectivity index (χ1n) is 6.48. The molecule has 2 nitrogen and oxygen atoms in total. The van der Waals surface area contributed by atoms with Gasteiger partial charge in [0.05, 0.1) is 0 Å². The van der Waals surface area contributed by atoms with Crippen LogP contribution in [0.2, 0.25) is 0 Å². The highest BCUT2D eigenvalue weighted by molar-refractivity contribution is 9.10. The first-order chi connectivity index (χ1) is 9.06. The minimum atomic E-state index is 0.679. The van der Waals surface area contributed by atoms with Gasteiger partial charge in [0.25, 0.3) is 0 Å². The van der Waals surface area contributed by atoms with Crippen molar-refractivity contribution < 1.29 is 0 Å². The number of rotatable bonds is 5. The van der Waals surface area contributed by atoms with E-state index in [1.54, 1.807) is 11.3 Å². The van der Waals surface area contributed by atoms with Gasteiger partial charge in [0.1, 0.15) is 5.01 Å². The maximum absolute atomic E-state index is 4.52. The summed E-state index contributed by atoms with van der Waals surface area (Å²) in [6, 6.07) is 6.38. The van der Waals surface area contributed by atoms with Gasteiger partial charge in [-0.05, 0) is 31.0 Å². The van der Waals surface area contributed by atoms with Gasteiger partial charge in [-0.1, -0.05) is 41.9 Å². The van der Waals surface area contributed by atoms with Crippen molar-refractivity contribution in [1.29, 1.82) is 0 Å². The van der Waals surface area contributed by atoms with E-state index in [9.17, 15) is 0 Å². The van der Waals surface area contributed by atoms with Crippen LogP contribution in [0.3, 0.4) is 0 Å². The van der Waals surface area contributed by atoms with Gasteiger partial charge in [-0.3, -0.25) is 0 Å². The van der Waals surface area contributed by atoms with E-state index < -0.39 is 0 Å².